The number of nitrogens with one attached hydrogen (secondary N) is 1. The van der Waals surface area contributed by atoms with Crippen LogP contribution in [0.25, 0.3) is 0 Å². The molecule has 148 valence electrons. The second-order valence-electron chi connectivity index (χ2n) is 6.21. The van der Waals surface area contributed by atoms with Crippen molar-refractivity contribution in [2.45, 2.75) is 17.9 Å². The highest BCUT2D eigenvalue weighted by Crippen LogP contribution is 2.35. The van der Waals surface area contributed by atoms with Crippen molar-refractivity contribution in [2.75, 3.05) is 33.9 Å². The largest absolute Gasteiger partial charge is 0.497 e. The molecule has 3 rings (SSSR count). The summed E-state index contributed by atoms with van der Waals surface area (Å²) in [6.45, 7) is 3.33. The number of piperazine rings is 1. The average molecular weight is 413 g/mol. The lowest BCUT2D eigenvalue weighted by molar-refractivity contribution is 0.264. The maximum absolute atomic E-state index is 13.4. The summed E-state index contributed by atoms with van der Waals surface area (Å²) < 4.78 is 39.0. The van der Waals surface area contributed by atoms with Gasteiger partial charge in [-0.05, 0) is 36.8 Å². The molecule has 1 aliphatic heterocycles. The van der Waals surface area contributed by atoms with E-state index < -0.39 is 10.0 Å². The van der Waals surface area contributed by atoms with Gasteiger partial charge in [-0.3, -0.25) is 0 Å². The number of methoxy groups -OCH3 is 2. The van der Waals surface area contributed by atoms with Crippen molar-refractivity contribution in [1.82, 2.24) is 9.62 Å². The van der Waals surface area contributed by atoms with E-state index in [0.29, 0.717) is 41.6 Å². The van der Waals surface area contributed by atoms with E-state index in [2.05, 4.69) is 5.32 Å². The van der Waals surface area contributed by atoms with Crippen molar-refractivity contribution in [3.8, 4) is 11.5 Å². The topological polar surface area (TPSA) is 67.9 Å². The van der Waals surface area contributed by atoms with Crippen LogP contribution in [0.3, 0.4) is 0 Å². The van der Waals surface area contributed by atoms with Crippen LogP contribution in [-0.2, 0) is 10.0 Å². The van der Waals surface area contributed by atoms with Crippen molar-refractivity contribution in [1.29, 1.82) is 0 Å². The van der Waals surface area contributed by atoms with E-state index in [0.717, 1.165) is 5.56 Å². The molecule has 27 heavy (non-hydrogen) atoms. The van der Waals surface area contributed by atoms with Gasteiger partial charge in [-0.15, -0.1) is 12.4 Å². The predicted octanol–water partition coefficient (Wildman–Crippen LogP) is 2.77. The quantitative estimate of drug-likeness (QED) is 0.817. The summed E-state index contributed by atoms with van der Waals surface area (Å²) in [5.41, 5.74) is 1.53. The summed E-state index contributed by atoms with van der Waals surface area (Å²) in [6, 6.07) is 12.3. The Morgan fingerprint density at radius 1 is 1.11 bits per heavy atom. The van der Waals surface area contributed by atoms with Gasteiger partial charge in [0.05, 0.1) is 25.2 Å². The zero-order valence-electron chi connectivity index (χ0n) is 15.6. The third kappa shape index (κ3) is 4.21. The van der Waals surface area contributed by atoms with Crippen LogP contribution in [0.5, 0.6) is 11.5 Å². The van der Waals surface area contributed by atoms with Crippen LogP contribution < -0.4 is 14.8 Å². The van der Waals surface area contributed by atoms with Gasteiger partial charge in [0.15, 0.2) is 0 Å². The van der Waals surface area contributed by atoms with Gasteiger partial charge in [0.2, 0.25) is 10.0 Å². The maximum Gasteiger partial charge on any atom is 0.243 e. The minimum atomic E-state index is -3.66. The molecule has 0 bridgehead atoms. The molecule has 0 saturated carbocycles. The summed E-state index contributed by atoms with van der Waals surface area (Å²) >= 11 is 0. The van der Waals surface area contributed by atoms with Crippen LogP contribution in [-0.4, -0.2) is 46.6 Å². The van der Waals surface area contributed by atoms with Gasteiger partial charge in [-0.1, -0.05) is 18.2 Å². The number of benzene rings is 2. The lowest BCUT2D eigenvalue weighted by atomic mass is 10.0. The summed E-state index contributed by atoms with van der Waals surface area (Å²) in [7, 11) is -0.493. The Morgan fingerprint density at radius 3 is 2.52 bits per heavy atom. The fraction of sp³-hybridized carbons (Fsp3) is 0.368. The molecule has 1 fully saturated rings. The molecule has 1 N–H and O–H groups in total. The second-order valence-corrected chi connectivity index (χ2v) is 8.07. The lowest BCUT2D eigenvalue weighted by Gasteiger charge is -2.36. The highest BCUT2D eigenvalue weighted by molar-refractivity contribution is 7.89. The van der Waals surface area contributed by atoms with E-state index in [-0.39, 0.29) is 18.4 Å². The van der Waals surface area contributed by atoms with E-state index in [1.54, 1.807) is 43.6 Å². The normalized spacial score (nSPS) is 17.8. The first-order valence-electron chi connectivity index (χ1n) is 8.49. The van der Waals surface area contributed by atoms with E-state index in [4.69, 9.17) is 9.47 Å². The fourth-order valence-electron chi connectivity index (χ4n) is 3.34. The SMILES string of the molecule is COc1ccc(S(=O)(=O)N2CCNCC2c2ccccc2OC)c(C)c1.Cl. The van der Waals surface area contributed by atoms with E-state index in [9.17, 15) is 8.42 Å². The van der Waals surface area contributed by atoms with Crippen molar-refractivity contribution >= 4 is 22.4 Å². The van der Waals surface area contributed by atoms with Gasteiger partial charge in [0.1, 0.15) is 11.5 Å². The van der Waals surface area contributed by atoms with Gasteiger partial charge in [-0.25, -0.2) is 8.42 Å². The number of para-hydroxylation sites is 1. The van der Waals surface area contributed by atoms with E-state index in [1.807, 2.05) is 24.3 Å². The number of halogens is 1. The van der Waals surface area contributed by atoms with Crippen LogP contribution in [0.1, 0.15) is 17.2 Å². The zero-order valence-corrected chi connectivity index (χ0v) is 17.3. The number of hydrogen-bond acceptors (Lipinski definition) is 5. The molecule has 1 aliphatic rings. The Bertz CT molecular complexity index is 889. The monoisotopic (exact) mass is 412 g/mol. The molecule has 1 unspecified atom stereocenters. The Balaban J connectivity index is 0.00000261. The van der Waals surface area contributed by atoms with Crippen molar-refractivity contribution < 1.29 is 17.9 Å². The lowest BCUT2D eigenvalue weighted by Crippen LogP contribution is -2.48. The van der Waals surface area contributed by atoms with Crippen LogP contribution in [0, 0.1) is 6.92 Å². The molecule has 0 radical (unpaired) electrons. The number of hydrogen-bond donors (Lipinski definition) is 1. The van der Waals surface area contributed by atoms with Crippen LogP contribution in [0.4, 0.5) is 0 Å². The minimum absolute atomic E-state index is 0. The Labute approximate surface area is 166 Å². The molecule has 0 aliphatic carbocycles. The van der Waals surface area contributed by atoms with Crippen molar-refractivity contribution in [2.24, 2.45) is 0 Å². The summed E-state index contributed by atoms with van der Waals surface area (Å²) in [5, 5.41) is 3.29. The smallest absolute Gasteiger partial charge is 0.243 e. The highest BCUT2D eigenvalue weighted by atomic mass is 35.5. The molecule has 2 aromatic carbocycles. The number of ether oxygens (including phenoxy) is 2. The van der Waals surface area contributed by atoms with Gasteiger partial charge in [0.25, 0.3) is 0 Å². The summed E-state index contributed by atoms with van der Waals surface area (Å²) in [4.78, 5) is 0.306. The second kappa shape index (κ2) is 8.93. The number of rotatable bonds is 5. The Morgan fingerprint density at radius 2 is 1.85 bits per heavy atom. The molecule has 8 heteroatoms. The van der Waals surface area contributed by atoms with Crippen LogP contribution in [0.2, 0.25) is 0 Å². The standard InChI is InChI=1S/C19H24N2O4S.ClH/c1-14-12-15(24-2)8-9-19(14)26(22,23)21-11-10-20-13-17(21)16-6-4-5-7-18(16)25-3;/h4-9,12,17,20H,10-11,13H2,1-3H3;1H. The fourth-order valence-corrected chi connectivity index (χ4v) is 5.16. The molecular weight excluding hydrogens is 388 g/mol. The first-order valence-corrected chi connectivity index (χ1v) is 9.93. The Hall–Kier alpha value is -1.80. The third-order valence-electron chi connectivity index (χ3n) is 4.66. The van der Waals surface area contributed by atoms with Gasteiger partial charge >= 0.3 is 0 Å². The van der Waals surface area contributed by atoms with E-state index in [1.165, 1.54) is 0 Å². The van der Waals surface area contributed by atoms with Crippen molar-refractivity contribution in [3.05, 3.63) is 53.6 Å². The first-order chi connectivity index (χ1) is 12.5. The van der Waals surface area contributed by atoms with Crippen LogP contribution >= 0.6 is 12.4 Å². The number of aryl methyl sites for hydroxylation is 1. The molecule has 1 heterocycles. The van der Waals surface area contributed by atoms with Crippen molar-refractivity contribution in [3.63, 3.8) is 0 Å². The van der Waals surface area contributed by atoms with Crippen LogP contribution in [0.15, 0.2) is 47.4 Å². The predicted molar refractivity (Wildman–Crippen MR) is 107 cm³/mol. The molecule has 6 nitrogen and oxygen atoms in total. The molecule has 1 saturated heterocycles. The summed E-state index contributed by atoms with van der Waals surface area (Å²) in [6.07, 6.45) is 0. The molecule has 0 amide bonds. The third-order valence-corrected chi connectivity index (χ3v) is 6.73. The minimum Gasteiger partial charge on any atom is -0.497 e. The Kier molecular flexibility index (Phi) is 7.11. The van der Waals surface area contributed by atoms with Gasteiger partial charge in [0, 0.05) is 25.2 Å². The molecule has 2 aromatic rings. The molecular formula is C19H25ClN2O4S. The number of sulfonamides is 1. The molecule has 0 spiro atoms. The van der Waals surface area contributed by atoms with E-state index >= 15 is 0 Å². The maximum atomic E-state index is 13.4. The first kappa shape index (κ1) is 21.5. The average Bonchev–Trinajstić information content (AvgIpc) is 2.67. The molecule has 1 atom stereocenters. The zero-order chi connectivity index (χ0) is 18.7. The summed E-state index contributed by atoms with van der Waals surface area (Å²) in [5.74, 6) is 1.33. The number of nitrogens with zero attached hydrogens (tertiary/aromatic N) is 1. The molecule has 0 aromatic heterocycles. The van der Waals surface area contributed by atoms with Gasteiger partial charge in [-0.2, -0.15) is 4.31 Å². The highest BCUT2D eigenvalue weighted by Gasteiger charge is 2.36. The van der Waals surface area contributed by atoms with Gasteiger partial charge < -0.3 is 14.8 Å².